The maximum atomic E-state index is 15.0. The second-order valence-corrected chi connectivity index (χ2v) is 10.5. The summed E-state index contributed by atoms with van der Waals surface area (Å²) in [6, 6.07) is 22.0. The SMILES string of the molecule is COC(C)(C(O)c1ncccc1-n1ccnc1)P(=O)(c1ccccc1)c1ccccc1. The van der Waals surface area contributed by atoms with E-state index in [1.165, 1.54) is 7.11 Å². The maximum Gasteiger partial charge on any atom is 0.176 e. The molecule has 0 aliphatic carbocycles. The number of nitrogens with zero attached hydrogens (tertiary/aromatic N) is 3. The Bertz CT molecular complexity index is 1140. The van der Waals surface area contributed by atoms with Gasteiger partial charge in [-0.1, -0.05) is 60.7 Å². The Hall–Kier alpha value is -3.05. The Balaban J connectivity index is 1.94. The molecule has 4 rings (SSSR count). The highest BCUT2D eigenvalue weighted by molar-refractivity contribution is 7.80. The van der Waals surface area contributed by atoms with Crippen LogP contribution in [0.25, 0.3) is 5.69 Å². The van der Waals surface area contributed by atoms with Gasteiger partial charge in [0.1, 0.15) is 6.10 Å². The van der Waals surface area contributed by atoms with Crippen molar-refractivity contribution >= 4 is 17.8 Å². The third-order valence-electron chi connectivity index (χ3n) is 5.64. The number of pyridine rings is 1. The fourth-order valence-electron chi connectivity index (χ4n) is 3.84. The highest BCUT2D eigenvalue weighted by atomic mass is 31.2. The molecule has 31 heavy (non-hydrogen) atoms. The van der Waals surface area contributed by atoms with Gasteiger partial charge in [0.05, 0.1) is 17.7 Å². The summed E-state index contributed by atoms with van der Waals surface area (Å²) in [7, 11) is -2.03. The number of hydrogen-bond acceptors (Lipinski definition) is 5. The van der Waals surface area contributed by atoms with Gasteiger partial charge in [0.2, 0.25) is 0 Å². The van der Waals surface area contributed by atoms with Gasteiger partial charge < -0.3 is 19.0 Å². The lowest BCUT2D eigenvalue weighted by atomic mass is 10.1. The number of ether oxygens (including phenoxy) is 1. The molecule has 4 aromatic rings. The van der Waals surface area contributed by atoms with E-state index in [2.05, 4.69) is 9.97 Å². The molecule has 0 aliphatic rings. The first kappa shape index (κ1) is 21.2. The molecule has 0 bridgehead atoms. The van der Waals surface area contributed by atoms with Gasteiger partial charge in [-0.15, -0.1) is 0 Å². The van der Waals surface area contributed by atoms with Crippen LogP contribution in [0.4, 0.5) is 0 Å². The molecule has 2 unspecified atom stereocenters. The first-order valence-electron chi connectivity index (χ1n) is 9.90. The molecule has 0 aliphatic heterocycles. The minimum atomic E-state index is -3.50. The summed E-state index contributed by atoms with van der Waals surface area (Å²) in [4.78, 5) is 8.54. The van der Waals surface area contributed by atoms with Crippen molar-refractivity contribution in [3.05, 3.63) is 103 Å². The molecule has 0 amide bonds. The predicted octanol–water partition coefficient (Wildman–Crippen LogP) is 3.68. The number of methoxy groups -OCH3 is 1. The van der Waals surface area contributed by atoms with Crippen LogP contribution in [-0.4, -0.2) is 32.1 Å². The second kappa shape index (κ2) is 8.60. The molecule has 0 saturated carbocycles. The maximum absolute atomic E-state index is 15.0. The van der Waals surface area contributed by atoms with E-state index in [4.69, 9.17) is 4.74 Å². The van der Waals surface area contributed by atoms with E-state index in [9.17, 15) is 9.67 Å². The van der Waals surface area contributed by atoms with Gasteiger partial charge in [-0.3, -0.25) is 4.98 Å². The number of aromatic nitrogens is 3. The highest BCUT2D eigenvalue weighted by Gasteiger charge is 2.53. The fraction of sp³-hybridized carbons (Fsp3) is 0.167. The van der Waals surface area contributed by atoms with E-state index in [0.29, 0.717) is 22.0 Å². The van der Waals surface area contributed by atoms with Crippen LogP contribution in [-0.2, 0) is 9.30 Å². The first-order valence-corrected chi connectivity index (χ1v) is 11.6. The Labute approximate surface area is 181 Å². The fourth-order valence-corrected chi connectivity index (χ4v) is 7.07. The molecule has 2 aromatic heterocycles. The molecule has 0 radical (unpaired) electrons. The Morgan fingerprint density at radius 1 is 0.968 bits per heavy atom. The van der Waals surface area contributed by atoms with Gasteiger partial charge in [-0.05, 0) is 19.1 Å². The van der Waals surface area contributed by atoms with E-state index < -0.39 is 18.6 Å². The molecular weight excluding hydrogens is 409 g/mol. The zero-order chi connectivity index (χ0) is 21.9. The standard InChI is InChI=1S/C24H24N3O3P/c1-24(30-2,23(28)22-21(14-9-15-26-22)27-17-16-25-18-27)31(29,19-10-5-3-6-11-19)20-12-7-4-8-13-20/h3-18,23,28H,1-2H3. The molecule has 2 heterocycles. The van der Waals surface area contributed by atoms with Crippen molar-refractivity contribution in [3.63, 3.8) is 0 Å². The molecular formula is C24H24N3O3P. The molecule has 0 fully saturated rings. The number of hydrogen-bond donors (Lipinski definition) is 1. The topological polar surface area (TPSA) is 77.2 Å². The number of aliphatic hydroxyl groups is 1. The minimum Gasteiger partial charge on any atom is -0.383 e. The number of rotatable bonds is 7. The van der Waals surface area contributed by atoms with Crippen molar-refractivity contribution in [1.82, 2.24) is 14.5 Å². The average molecular weight is 433 g/mol. The van der Waals surface area contributed by atoms with E-state index in [0.717, 1.165) is 0 Å². The number of benzene rings is 2. The van der Waals surface area contributed by atoms with Crippen LogP contribution in [0.2, 0.25) is 0 Å². The zero-order valence-electron chi connectivity index (χ0n) is 17.4. The average Bonchev–Trinajstić information content (AvgIpc) is 3.38. The predicted molar refractivity (Wildman–Crippen MR) is 121 cm³/mol. The lowest BCUT2D eigenvalue weighted by Crippen LogP contribution is -2.43. The van der Waals surface area contributed by atoms with Crippen molar-refractivity contribution in [1.29, 1.82) is 0 Å². The lowest BCUT2D eigenvalue weighted by Gasteiger charge is -2.40. The summed E-state index contributed by atoms with van der Waals surface area (Å²) in [6.45, 7) is 1.69. The van der Waals surface area contributed by atoms with Gasteiger partial charge in [-0.25, -0.2) is 4.98 Å². The summed E-state index contributed by atoms with van der Waals surface area (Å²) in [5.74, 6) is 0. The van der Waals surface area contributed by atoms with Crippen LogP contribution >= 0.6 is 7.14 Å². The summed E-state index contributed by atoms with van der Waals surface area (Å²) >= 11 is 0. The van der Waals surface area contributed by atoms with Crippen LogP contribution in [0.3, 0.4) is 0 Å². The smallest absolute Gasteiger partial charge is 0.176 e. The van der Waals surface area contributed by atoms with Crippen molar-refractivity contribution in [3.8, 4) is 5.69 Å². The molecule has 0 saturated heterocycles. The number of aliphatic hydroxyl groups excluding tert-OH is 1. The van der Waals surface area contributed by atoms with E-state index in [1.807, 2.05) is 66.7 Å². The molecule has 0 spiro atoms. The van der Waals surface area contributed by atoms with E-state index in [1.54, 1.807) is 42.5 Å². The van der Waals surface area contributed by atoms with E-state index in [-0.39, 0.29) is 0 Å². The summed E-state index contributed by atoms with van der Waals surface area (Å²) in [5.41, 5.74) is 1.00. The van der Waals surface area contributed by atoms with Crippen LogP contribution in [0.15, 0.2) is 97.7 Å². The van der Waals surface area contributed by atoms with Crippen molar-refractivity contribution < 1.29 is 14.4 Å². The van der Waals surface area contributed by atoms with Gasteiger partial charge in [0.25, 0.3) is 0 Å². The zero-order valence-corrected chi connectivity index (χ0v) is 18.3. The van der Waals surface area contributed by atoms with Crippen LogP contribution in [0, 0.1) is 0 Å². The molecule has 7 heteroatoms. The van der Waals surface area contributed by atoms with Crippen molar-refractivity contribution in [2.24, 2.45) is 0 Å². The van der Waals surface area contributed by atoms with Crippen molar-refractivity contribution in [2.45, 2.75) is 18.4 Å². The molecule has 1 N–H and O–H groups in total. The quantitative estimate of drug-likeness (QED) is 0.450. The van der Waals surface area contributed by atoms with Crippen molar-refractivity contribution in [2.75, 3.05) is 7.11 Å². The first-order chi connectivity index (χ1) is 15.0. The molecule has 2 atom stereocenters. The van der Waals surface area contributed by atoms with Gasteiger partial charge in [0, 0.05) is 36.3 Å². The van der Waals surface area contributed by atoms with Gasteiger partial charge in [-0.2, -0.15) is 0 Å². The van der Waals surface area contributed by atoms with Crippen LogP contribution < -0.4 is 10.6 Å². The summed E-state index contributed by atoms with van der Waals surface area (Å²) in [5, 5.41) is 11.4. The largest absolute Gasteiger partial charge is 0.383 e. The molecule has 2 aromatic carbocycles. The van der Waals surface area contributed by atoms with Gasteiger partial charge in [0.15, 0.2) is 12.5 Å². The van der Waals surface area contributed by atoms with Gasteiger partial charge >= 0.3 is 0 Å². The highest BCUT2D eigenvalue weighted by Crippen LogP contribution is 2.61. The second-order valence-electron chi connectivity index (χ2n) is 7.32. The Morgan fingerprint density at radius 2 is 1.58 bits per heavy atom. The Kier molecular flexibility index (Phi) is 5.88. The lowest BCUT2D eigenvalue weighted by molar-refractivity contribution is -0.0361. The summed E-state index contributed by atoms with van der Waals surface area (Å²) in [6.07, 6.45) is 5.36. The third kappa shape index (κ3) is 3.53. The molecule has 6 nitrogen and oxygen atoms in total. The van der Waals surface area contributed by atoms with Crippen LogP contribution in [0.1, 0.15) is 18.7 Å². The van der Waals surface area contributed by atoms with E-state index >= 15 is 0 Å². The number of imidazole rings is 1. The van der Waals surface area contributed by atoms with Crippen LogP contribution in [0.5, 0.6) is 0 Å². The summed E-state index contributed by atoms with van der Waals surface area (Å²) < 4.78 is 22.6. The molecule has 158 valence electrons. The third-order valence-corrected chi connectivity index (χ3v) is 9.37. The monoisotopic (exact) mass is 433 g/mol. The normalized spacial score (nSPS) is 14.7. The Morgan fingerprint density at radius 3 is 2.10 bits per heavy atom. The minimum absolute atomic E-state index is 0.358.